The van der Waals surface area contributed by atoms with E-state index in [0.29, 0.717) is 0 Å². The summed E-state index contributed by atoms with van der Waals surface area (Å²) >= 11 is 0. The second-order valence-corrected chi connectivity index (χ2v) is 4.82. The van der Waals surface area contributed by atoms with Crippen molar-refractivity contribution in [3.05, 3.63) is 36.2 Å². The first-order valence-electron chi connectivity index (χ1n) is 6.69. The zero-order valence-electron chi connectivity index (χ0n) is 11.1. The Morgan fingerprint density at radius 2 is 2.05 bits per heavy atom. The fourth-order valence-electron chi connectivity index (χ4n) is 2.42. The van der Waals surface area contributed by atoms with Gasteiger partial charge < -0.3 is 0 Å². The van der Waals surface area contributed by atoms with Crippen molar-refractivity contribution in [2.24, 2.45) is 0 Å². The Bertz CT molecular complexity index is 555. The van der Waals surface area contributed by atoms with Gasteiger partial charge in [0.2, 0.25) is 0 Å². The lowest BCUT2D eigenvalue weighted by Crippen LogP contribution is -2.32. The summed E-state index contributed by atoms with van der Waals surface area (Å²) in [6, 6.07) is 0. The predicted molar refractivity (Wildman–Crippen MR) is 72.3 cm³/mol. The van der Waals surface area contributed by atoms with Crippen LogP contribution in [0.4, 0.5) is 0 Å². The van der Waals surface area contributed by atoms with Gasteiger partial charge in [0.15, 0.2) is 5.82 Å². The van der Waals surface area contributed by atoms with Gasteiger partial charge in [0.05, 0.1) is 11.3 Å². The Morgan fingerprint density at radius 3 is 2.84 bits per heavy atom. The van der Waals surface area contributed by atoms with E-state index in [9.17, 15) is 0 Å². The molecule has 3 heterocycles. The van der Waals surface area contributed by atoms with Crippen molar-refractivity contribution in [3.63, 3.8) is 0 Å². The van der Waals surface area contributed by atoms with Crippen LogP contribution in [0.25, 0.3) is 11.4 Å². The molecule has 98 valence electrons. The van der Waals surface area contributed by atoms with Gasteiger partial charge in [-0.3, -0.25) is 4.90 Å². The molecule has 0 atom stereocenters. The first kappa shape index (κ1) is 12.2. The van der Waals surface area contributed by atoms with Gasteiger partial charge in [0.1, 0.15) is 6.33 Å². The minimum atomic E-state index is 0.720. The van der Waals surface area contributed by atoms with Crippen LogP contribution in [-0.2, 0) is 13.0 Å². The zero-order valence-corrected chi connectivity index (χ0v) is 11.1. The molecular weight excluding hydrogens is 238 g/mol. The van der Waals surface area contributed by atoms with E-state index in [2.05, 4.69) is 31.8 Å². The summed E-state index contributed by atoms with van der Waals surface area (Å²) in [5.74, 6) is 0.720. The standard InChI is InChI=1S/C14H17N5/c1-2-4-19-5-3-11-8-17-14(18-13(11)9-19)12-6-15-10-16-7-12/h6-8,10H,2-5,9H2,1H3. The lowest BCUT2D eigenvalue weighted by molar-refractivity contribution is 0.250. The molecule has 0 fully saturated rings. The summed E-state index contributed by atoms with van der Waals surface area (Å²) < 4.78 is 0. The van der Waals surface area contributed by atoms with Crippen molar-refractivity contribution in [1.82, 2.24) is 24.8 Å². The first-order valence-corrected chi connectivity index (χ1v) is 6.69. The topological polar surface area (TPSA) is 54.8 Å². The molecule has 2 aromatic rings. The molecule has 19 heavy (non-hydrogen) atoms. The lowest BCUT2D eigenvalue weighted by Gasteiger charge is -2.27. The predicted octanol–water partition coefficient (Wildman–Crippen LogP) is 1.70. The Labute approximate surface area is 112 Å². The Morgan fingerprint density at radius 1 is 1.21 bits per heavy atom. The van der Waals surface area contributed by atoms with E-state index < -0.39 is 0 Å². The average molecular weight is 255 g/mol. The van der Waals surface area contributed by atoms with Crippen molar-refractivity contribution >= 4 is 0 Å². The summed E-state index contributed by atoms with van der Waals surface area (Å²) in [4.78, 5) is 19.6. The highest BCUT2D eigenvalue weighted by molar-refractivity contribution is 5.52. The maximum absolute atomic E-state index is 4.68. The molecule has 3 rings (SSSR count). The fourth-order valence-corrected chi connectivity index (χ4v) is 2.42. The molecule has 0 radical (unpaired) electrons. The summed E-state index contributed by atoms with van der Waals surface area (Å²) in [6.07, 6.45) is 9.20. The minimum absolute atomic E-state index is 0.720. The molecular formula is C14H17N5. The summed E-state index contributed by atoms with van der Waals surface area (Å²) in [5, 5.41) is 0. The van der Waals surface area contributed by atoms with E-state index in [4.69, 9.17) is 0 Å². The number of hydrogen-bond acceptors (Lipinski definition) is 5. The molecule has 0 saturated carbocycles. The van der Waals surface area contributed by atoms with E-state index in [1.54, 1.807) is 12.4 Å². The summed E-state index contributed by atoms with van der Waals surface area (Å²) in [7, 11) is 0. The van der Waals surface area contributed by atoms with Gasteiger partial charge in [-0.25, -0.2) is 19.9 Å². The van der Waals surface area contributed by atoms with E-state index in [0.717, 1.165) is 43.1 Å². The maximum atomic E-state index is 4.68. The zero-order chi connectivity index (χ0) is 13.1. The van der Waals surface area contributed by atoms with Crippen LogP contribution in [0.3, 0.4) is 0 Å². The van der Waals surface area contributed by atoms with Crippen LogP contribution >= 0.6 is 0 Å². The van der Waals surface area contributed by atoms with Gasteiger partial charge >= 0.3 is 0 Å². The SMILES string of the molecule is CCCN1CCc2cnc(-c3cncnc3)nc2C1. The quantitative estimate of drug-likeness (QED) is 0.835. The largest absolute Gasteiger partial charge is 0.297 e. The van der Waals surface area contributed by atoms with Gasteiger partial charge in [-0.1, -0.05) is 6.92 Å². The van der Waals surface area contributed by atoms with Crippen molar-refractivity contribution in [2.45, 2.75) is 26.3 Å². The highest BCUT2D eigenvalue weighted by Crippen LogP contribution is 2.20. The smallest absolute Gasteiger partial charge is 0.162 e. The van der Waals surface area contributed by atoms with Gasteiger partial charge in [0, 0.05) is 31.7 Å². The van der Waals surface area contributed by atoms with Crippen LogP contribution in [0.5, 0.6) is 0 Å². The molecule has 1 aliphatic heterocycles. The van der Waals surface area contributed by atoms with Crippen LogP contribution in [0.15, 0.2) is 24.9 Å². The highest BCUT2D eigenvalue weighted by atomic mass is 15.1. The lowest BCUT2D eigenvalue weighted by atomic mass is 10.1. The number of nitrogens with zero attached hydrogens (tertiary/aromatic N) is 5. The summed E-state index contributed by atoms with van der Waals surface area (Å²) in [6.45, 7) is 5.37. The van der Waals surface area contributed by atoms with Gasteiger partial charge in [-0.2, -0.15) is 0 Å². The second-order valence-electron chi connectivity index (χ2n) is 4.82. The Hall–Kier alpha value is -1.88. The Balaban J connectivity index is 1.89. The monoisotopic (exact) mass is 255 g/mol. The normalized spacial score (nSPS) is 15.2. The molecule has 2 aromatic heterocycles. The number of aromatic nitrogens is 4. The molecule has 0 spiro atoms. The molecule has 0 amide bonds. The molecule has 0 N–H and O–H groups in total. The highest BCUT2D eigenvalue weighted by Gasteiger charge is 2.18. The van der Waals surface area contributed by atoms with Crippen molar-refractivity contribution in [3.8, 4) is 11.4 Å². The van der Waals surface area contributed by atoms with Crippen molar-refractivity contribution in [2.75, 3.05) is 13.1 Å². The molecule has 1 aliphatic rings. The molecule has 5 nitrogen and oxygen atoms in total. The van der Waals surface area contributed by atoms with Crippen molar-refractivity contribution in [1.29, 1.82) is 0 Å². The molecule has 0 aliphatic carbocycles. The molecule has 0 saturated heterocycles. The summed E-state index contributed by atoms with van der Waals surface area (Å²) in [5.41, 5.74) is 3.29. The van der Waals surface area contributed by atoms with Crippen molar-refractivity contribution < 1.29 is 0 Å². The van der Waals surface area contributed by atoms with Crippen LogP contribution in [0.2, 0.25) is 0 Å². The van der Waals surface area contributed by atoms with Gasteiger partial charge in [-0.05, 0) is 24.9 Å². The third-order valence-electron chi connectivity index (χ3n) is 3.38. The van der Waals surface area contributed by atoms with Gasteiger partial charge in [0.25, 0.3) is 0 Å². The van der Waals surface area contributed by atoms with Crippen LogP contribution in [0.1, 0.15) is 24.6 Å². The molecule has 0 aromatic carbocycles. The van der Waals surface area contributed by atoms with E-state index in [1.165, 1.54) is 18.3 Å². The first-order chi connectivity index (χ1) is 9.36. The minimum Gasteiger partial charge on any atom is -0.297 e. The molecule has 0 bridgehead atoms. The average Bonchev–Trinajstić information content (AvgIpc) is 2.48. The van der Waals surface area contributed by atoms with E-state index in [-0.39, 0.29) is 0 Å². The fraction of sp³-hybridized carbons (Fsp3) is 0.429. The molecule has 0 unspecified atom stereocenters. The number of hydrogen-bond donors (Lipinski definition) is 0. The second kappa shape index (κ2) is 5.40. The van der Waals surface area contributed by atoms with E-state index >= 15 is 0 Å². The third-order valence-corrected chi connectivity index (χ3v) is 3.38. The van der Waals surface area contributed by atoms with E-state index in [1.807, 2.05) is 6.20 Å². The number of fused-ring (bicyclic) bond motifs is 1. The Kier molecular flexibility index (Phi) is 3.46. The van der Waals surface area contributed by atoms with Crippen LogP contribution < -0.4 is 0 Å². The van der Waals surface area contributed by atoms with Crippen LogP contribution in [-0.4, -0.2) is 37.9 Å². The third kappa shape index (κ3) is 2.61. The van der Waals surface area contributed by atoms with Gasteiger partial charge in [-0.15, -0.1) is 0 Å². The number of rotatable bonds is 3. The van der Waals surface area contributed by atoms with Crippen LogP contribution in [0, 0.1) is 0 Å². The maximum Gasteiger partial charge on any atom is 0.162 e. The molecule has 5 heteroatoms.